The largest absolute Gasteiger partial charge is 0.310 e. The lowest BCUT2D eigenvalue weighted by Crippen LogP contribution is -2.42. The van der Waals surface area contributed by atoms with Crippen molar-refractivity contribution in [1.82, 2.24) is 0 Å². The van der Waals surface area contributed by atoms with Crippen LogP contribution in [0.1, 0.15) is 24.0 Å². The molecule has 1 atom stereocenters. The summed E-state index contributed by atoms with van der Waals surface area (Å²) in [5.41, 5.74) is 2.25. The van der Waals surface area contributed by atoms with E-state index >= 15 is 0 Å². The van der Waals surface area contributed by atoms with Gasteiger partial charge in [-0.25, -0.2) is 0 Å². The molecule has 3 nitrogen and oxygen atoms in total. The van der Waals surface area contributed by atoms with Crippen molar-refractivity contribution in [3.8, 4) is 6.07 Å². The Balaban J connectivity index is 2.44. The number of hydrogen-bond acceptors (Lipinski definition) is 2. The quantitative estimate of drug-likeness (QED) is 0.747. The molecule has 1 aliphatic rings. The first kappa shape index (κ1) is 12.1. The summed E-state index contributed by atoms with van der Waals surface area (Å²) in [4.78, 5) is 13.7. The SMILES string of the molecule is Cc1cccc(N2CCCC(Br)C2=O)c1C#N. The van der Waals surface area contributed by atoms with Gasteiger partial charge in [0.15, 0.2) is 0 Å². The predicted molar refractivity (Wildman–Crippen MR) is 70.2 cm³/mol. The zero-order valence-corrected chi connectivity index (χ0v) is 11.2. The van der Waals surface area contributed by atoms with Crippen molar-refractivity contribution in [2.45, 2.75) is 24.6 Å². The topological polar surface area (TPSA) is 44.1 Å². The zero-order valence-electron chi connectivity index (χ0n) is 9.61. The van der Waals surface area contributed by atoms with Gasteiger partial charge in [0.1, 0.15) is 6.07 Å². The highest BCUT2D eigenvalue weighted by molar-refractivity contribution is 9.10. The Bertz CT molecular complexity index is 493. The van der Waals surface area contributed by atoms with Crippen molar-refractivity contribution in [3.63, 3.8) is 0 Å². The number of amides is 1. The monoisotopic (exact) mass is 292 g/mol. The molecule has 0 saturated carbocycles. The molecule has 0 bridgehead atoms. The number of halogens is 1. The van der Waals surface area contributed by atoms with Crippen molar-refractivity contribution in [1.29, 1.82) is 5.26 Å². The summed E-state index contributed by atoms with van der Waals surface area (Å²) in [6.07, 6.45) is 1.82. The third-order valence-electron chi connectivity index (χ3n) is 3.03. The van der Waals surface area contributed by atoms with E-state index in [0.717, 1.165) is 24.1 Å². The van der Waals surface area contributed by atoms with Crippen LogP contribution < -0.4 is 4.90 Å². The summed E-state index contributed by atoms with van der Waals surface area (Å²) in [6.45, 7) is 2.58. The Morgan fingerprint density at radius 3 is 3.00 bits per heavy atom. The summed E-state index contributed by atoms with van der Waals surface area (Å²) < 4.78 is 0. The Morgan fingerprint density at radius 2 is 2.29 bits per heavy atom. The molecule has 17 heavy (non-hydrogen) atoms. The fraction of sp³-hybridized carbons (Fsp3) is 0.385. The molecule has 0 aromatic heterocycles. The Morgan fingerprint density at radius 1 is 1.53 bits per heavy atom. The number of carbonyl (C=O) groups is 1. The number of carbonyl (C=O) groups excluding carboxylic acids is 1. The molecule has 1 heterocycles. The molecule has 0 spiro atoms. The van der Waals surface area contributed by atoms with Gasteiger partial charge in [-0.1, -0.05) is 28.1 Å². The van der Waals surface area contributed by atoms with Gasteiger partial charge in [0.05, 0.1) is 16.1 Å². The van der Waals surface area contributed by atoms with Crippen molar-refractivity contribution >= 4 is 27.5 Å². The minimum Gasteiger partial charge on any atom is -0.310 e. The summed E-state index contributed by atoms with van der Waals surface area (Å²) in [5.74, 6) is 0.0540. The van der Waals surface area contributed by atoms with Crippen LogP contribution in [-0.4, -0.2) is 17.3 Å². The summed E-state index contributed by atoms with van der Waals surface area (Å²) in [5, 5.41) is 9.18. The first-order chi connectivity index (χ1) is 8.15. The fourth-order valence-electron chi connectivity index (χ4n) is 2.09. The van der Waals surface area contributed by atoms with E-state index in [2.05, 4.69) is 22.0 Å². The van der Waals surface area contributed by atoms with E-state index in [-0.39, 0.29) is 10.7 Å². The van der Waals surface area contributed by atoms with Crippen LogP contribution in [0, 0.1) is 18.3 Å². The molecule has 1 saturated heterocycles. The van der Waals surface area contributed by atoms with E-state index in [1.54, 1.807) is 4.90 Å². The van der Waals surface area contributed by atoms with E-state index in [1.807, 2.05) is 25.1 Å². The number of aryl methyl sites for hydroxylation is 1. The molecule has 88 valence electrons. The fourth-order valence-corrected chi connectivity index (χ4v) is 2.66. The molecule has 0 radical (unpaired) electrons. The van der Waals surface area contributed by atoms with Crippen LogP contribution in [0.3, 0.4) is 0 Å². The number of nitrogens with zero attached hydrogens (tertiary/aromatic N) is 2. The number of nitriles is 1. The average molecular weight is 293 g/mol. The van der Waals surface area contributed by atoms with Gasteiger partial charge < -0.3 is 4.90 Å². The zero-order chi connectivity index (χ0) is 12.4. The maximum atomic E-state index is 12.1. The van der Waals surface area contributed by atoms with Crippen LogP contribution in [0.15, 0.2) is 18.2 Å². The number of piperidine rings is 1. The van der Waals surface area contributed by atoms with Crippen LogP contribution in [0.5, 0.6) is 0 Å². The number of anilines is 1. The Labute approximate surface area is 109 Å². The first-order valence-electron chi connectivity index (χ1n) is 5.60. The molecule has 1 amide bonds. The van der Waals surface area contributed by atoms with E-state index in [0.29, 0.717) is 12.1 Å². The lowest BCUT2D eigenvalue weighted by Gasteiger charge is -2.30. The smallest absolute Gasteiger partial charge is 0.240 e. The standard InChI is InChI=1S/C13H13BrN2O/c1-9-4-2-6-12(10(9)8-15)16-7-3-5-11(14)13(16)17/h2,4,6,11H,3,5,7H2,1H3. The number of benzene rings is 1. The van der Waals surface area contributed by atoms with Crippen molar-refractivity contribution in [3.05, 3.63) is 29.3 Å². The number of alkyl halides is 1. The van der Waals surface area contributed by atoms with Gasteiger partial charge in [-0.15, -0.1) is 0 Å². The molecular formula is C13H13BrN2O. The summed E-state index contributed by atoms with van der Waals surface area (Å²) in [7, 11) is 0. The molecule has 0 N–H and O–H groups in total. The van der Waals surface area contributed by atoms with Crippen molar-refractivity contribution in [2.75, 3.05) is 11.4 Å². The molecule has 2 rings (SSSR count). The van der Waals surface area contributed by atoms with Gasteiger partial charge in [-0.05, 0) is 31.4 Å². The molecule has 1 aromatic carbocycles. The Kier molecular flexibility index (Phi) is 3.49. The molecule has 4 heteroatoms. The van der Waals surface area contributed by atoms with E-state index in [9.17, 15) is 10.1 Å². The molecular weight excluding hydrogens is 280 g/mol. The second-order valence-corrected chi connectivity index (χ2v) is 5.29. The lowest BCUT2D eigenvalue weighted by molar-refractivity contribution is -0.118. The lowest BCUT2D eigenvalue weighted by atomic mass is 10.0. The highest BCUT2D eigenvalue weighted by atomic mass is 79.9. The molecule has 1 unspecified atom stereocenters. The minimum absolute atomic E-state index is 0.0540. The Hall–Kier alpha value is -1.34. The average Bonchev–Trinajstić information content (AvgIpc) is 2.32. The van der Waals surface area contributed by atoms with Crippen LogP contribution in [0.25, 0.3) is 0 Å². The number of hydrogen-bond donors (Lipinski definition) is 0. The van der Waals surface area contributed by atoms with Gasteiger partial charge in [-0.3, -0.25) is 4.79 Å². The predicted octanol–water partition coefficient (Wildman–Crippen LogP) is 2.76. The summed E-state index contributed by atoms with van der Waals surface area (Å²) in [6, 6.07) is 7.81. The second kappa shape index (κ2) is 4.89. The third-order valence-corrected chi connectivity index (χ3v) is 3.88. The van der Waals surface area contributed by atoms with Crippen molar-refractivity contribution < 1.29 is 4.79 Å². The van der Waals surface area contributed by atoms with E-state index in [1.165, 1.54) is 0 Å². The van der Waals surface area contributed by atoms with Crippen LogP contribution in [0.4, 0.5) is 5.69 Å². The van der Waals surface area contributed by atoms with Gasteiger partial charge in [0.2, 0.25) is 5.91 Å². The van der Waals surface area contributed by atoms with Gasteiger partial charge in [0.25, 0.3) is 0 Å². The third kappa shape index (κ3) is 2.20. The van der Waals surface area contributed by atoms with Crippen LogP contribution in [0.2, 0.25) is 0 Å². The van der Waals surface area contributed by atoms with Crippen molar-refractivity contribution in [2.24, 2.45) is 0 Å². The molecule has 1 aliphatic heterocycles. The maximum absolute atomic E-state index is 12.1. The molecule has 1 aromatic rings. The van der Waals surface area contributed by atoms with E-state index in [4.69, 9.17) is 0 Å². The molecule has 1 fully saturated rings. The normalized spacial score (nSPS) is 20.2. The summed E-state index contributed by atoms with van der Waals surface area (Å²) >= 11 is 3.38. The second-order valence-electron chi connectivity index (χ2n) is 4.18. The highest BCUT2D eigenvalue weighted by Crippen LogP contribution is 2.28. The first-order valence-corrected chi connectivity index (χ1v) is 6.52. The van der Waals surface area contributed by atoms with Gasteiger partial charge in [-0.2, -0.15) is 5.26 Å². The van der Waals surface area contributed by atoms with Gasteiger partial charge >= 0.3 is 0 Å². The van der Waals surface area contributed by atoms with Crippen LogP contribution >= 0.6 is 15.9 Å². The maximum Gasteiger partial charge on any atom is 0.240 e. The number of rotatable bonds is 1. The minimum atomic E-state index is -0.122. The van der Waals surface area contributed by atoms with Crippen LogP contribution in [-0.2, 0) is 4.79 Å². The molecule has 0 aliphatic carbocycles. The highest BCUT2D eigenvalue weighted by Gasteiger charge is 2.29. The van der Waals surface area contributed by atoms with E-state index < -0.39 is 0 Å². The van der Waals surface area contributed by atoms with Gasteiger partial charge in [0, 0.05) is 6.54 Å².